The zero-order valence-corrected chi connectivity index (χ0v) is 18.2. The van der Waals surface area contributed by atoms with E-state index in [1.54, 1.807) is 18.5 Å². The van der Waals surface area contributed by atoms with Gasteiger partial charge in [0.15, 0.2) is 11.5 Å². The molecule has 5 rings (SSSR count). The summed E-state index contributed by atoms with van der Waals surface area (Å²) in [6.45, 7) is 5.08. The van der Waals surface area contributed by atoms with Gasteiger partial charge in [0.05, 0.1) is 22.6 Å². The highest BCUT2D eigenvalue weighted by Gasteiger charge is 2.24. The van der Waals surface area contributed by atoms with E-state index in [2.05, 4.69) is 44.3 Å². The number of hydrogen-bond acceptors (Lipinski definition) is 6. The summed E-state index contributed by atoms with van der Waals surface area (Å²) in [4.78, 5) is 28.2. The van der Waals surface area contributed by atoms with Crippen molar-refractivity contribution in [1.82, 2.24) is 24.7 Å². The summed E-state index contributed by atoms with van der Waals surface area (Å²) in [6.07, 6.45) is 6.03. The first-order valence-corrected chi connectivity index (χ1v) is 10.7. The van der Waals surface area contributed by atoms with Gasteiger partial charge in [-0.3, -0.25) is 14.8 Å². The molecule has 0 bridgehead atoms. The summed E-state index contributed by atoms with van der Waals surface area (Å²) in [5, 5.41) is 6.22. The molecule has 1 amide bonds. The molecule has 1 aliphatic rings. The third-order valence-electron chi connectivity index (χ3n) is 5.70. The molecule has 3 aromatic heterocycles. The maximum absolute atomic E-state index is 14.4. The van der Waals surface area contributed by atoms with Crippen molar-refractivity contribution in [2.45, 2.75) is 32.6 Å². The Bertz CT molecular complexity index is 1350. The molecule has 8 nitrogen and oxygen atoms in total. The summed E-state index contributed by atoms with van der Waals surface area (Å²) in [6, 6.07) is 5.38. The zero-order chi connectivity index (χ0) is 23.1. The van der Waals surface area contributed by atoms with Gasteiger partial charge in [0.1, 0.15) is 17.7 Å². The quantitative estimate of drug-likeness (QED) is 0.495. The van der Waals surface area contributed by atoms with Crippen LogP contribution in [-0.2, 0) is 6.67 Å². The van der Waals surface area contributed by atoms with Crippen molar-refractivity contribution in [3.05, 3.63) is 60.1 Å². The standard InChI is InChI=1S/C23H23F2N7O/c1-13-9-31(10-14(2)28-13)19-4-3-17(20-21(19)27-6-5-26-20)23(33)30-15-7-18(25)22-29-16(8-24)12-32(22)11-15/h3-7,11-14,28H,8-10H2,1-2H3,(H,30,33)/t13-,14-/m0/s1. The Hall–Kier alpha value is -3.66. The average Bonchev–Trinajstić information content (AvgIpc) is 3.21. The Balaban J connectivity index is 1.49. The number of rotatable bonds is 4. The molecular weight excluding hydrogens is 428 g/mol. The highest BCUT2D eigenvalue weighted by molar-refractivity contribution is 6.13. The molecule has 1 fully saturated rings. The van der Waals surface area contributed by atoms with Crippen molar-refractivity contribution in [1.29, 1.82) is 0 Å². The molecule has 33 heavy (non-hydrogen) atoms. The van der Waals surface area contributed by atoms with Gasteiger partial charge in [0.2, 0.25) is 0 Å². The van der Waals surface area contributed by atoms with E-state index in [9.17, 15) is 13.6 Å². The SMILES string of the molecule is C[C@H]1CN(c2ccc(C(=O)Nc3cc(F)c4nc(CF)cn4c3)c3nccnc23)C[C@H](C)N1. The second kappa shape index (κ2) is 8.36. The third-order valence-corrected chi connectivity index (χ3v) is 5.70. The number of pyridine rings is 1. The van der Waals surface area contributed by atoms with Crippen LogP contribution in [-0.4, -0.2) is 50.4 Å². The fourth-order valence-corrected chi connectivity index (χ4v) is 4.44. The predicted octanol–water partition coefficient (Wildman–Crippen LogP) is 3.33. The number of hydrogen-bond donors (Lipinski definition) is 2. The van der Waals surface area contributed by atoms with Gasteiger partial charge >= 0.3 is 0 Å². The van der Waals surface area contributed by atoms with E-state index in [1.165, 1.54) is 16.8 Å². The maximum atomic E-state index is 14.4. The van der Waals surface area contributed by atoms with Crippen LogP contribution in [0.4, 0.5) is 20.2 Å². The third kappa shape index (κ3) is 3.97. The number of nitrogens with one attached hydrogen (secondary N) is 2. The van der Waals surface area contributed by atoms with Gasteiger partial charge in [-0.15, -0.1) is 0 Å². The molecule has 170 valence electrons. The molecule has 4 aromatic rings. The Kier molecular flexibility index (Phi) is 5.37. The van der Waals surface area contributed by atoms with Gasteiger partial charge in [-0.2, -0.15) is 0 Å². The first-order chi connectivity index (χ1) is 15.9. The lowest BCUT2D eigenvalue weighted by Gasteiger charge is -2.38. The molecule has 0 unspecified atom stereocenters. The predicted molar refractivity (Wildman–Crippen MR) is 122 cm³/mol. The number of carbonyl (C=O) groups is 1. The highest BCUT2D eigenvalue weighted by atomic mass is 19.1. The monoisotopic (exact) mass is 451 g/mol. The largest absolute Gasteiger partial charge is 0.367 e. The number of benzene rings is 1. The van der Waals surface area contributed by atoms with E-state index in [0.29, 0.717) is 28.7 Å². The van der Waals surface area contributed by atoms with Gasteiger partial charge < -0.3 is 19.9 Å². The van der Waals surface area contributed by atoms with Crippen molar-refractivity contribution in [3.8, 4) is 0 Å². The Morgan fingerprint density at radius 3 is 2.61 bits per heavy atom. The smallest absolute Gasteiger partial charge is 0.257 e. The van der Waals surface area contributed by atoms with Crippen molar-refractivity contribution in [2.75, 3.05) is 23.3 Å². The zero-order valence-electron chi connectivity index (χ0n) is 18.2. The van der Waals surface area contributed by atoms with Gasteiger partial charge in [0.25, 0.3) is 5.91 Å². The summed E-state index contributed by atoms with van der Waals surface area (Å²) in [5.74, 6) is -1.10. The summed E-state index contributed by atoms with van der Waals surface area (Å²) in [5.41, 5.74) is 2.68. The number of alkyl halides is 1. The molecule has 0 spiro atoms. The van der Waals surface area contributed by atoms with Crippen LogP contribution in [0.25, 0.3) is 16.7 Å². The number of imidazole rings is 1. The lowest BCUT2D eigenvalue weighted by molar-refractivity contribution is 0.102. The normalized spacial score (nSPS) is 18.7. The van der Waals surface area contributed by atoms with Crippen LogP contribution < -0.4 is 15.5 Å². The van der Waals surface area contributed by atoms with Crippen LogP contribution in [0.3, 0.4) is 0 Å². The molecule has 1 aromatic carbocycles. The van der Waals surface area contributed by atoms with E-state index >= 15 is 0 Å². The summed E-state index contributed by atoms with van der Waals surface area (Å²) >= 11 is 0. The minimum absolute atomic E-state index is 0.000737. The molecule has 10 heteroatoms. The number of aromatic nitrogens is 4. The number of nitrogens with zero attached hydrogens (tertiary/aromatic N) is 5. The molecule has 2 N–H and O–H groups in total. The molecule has 2 atom stereocenters. The van der Waals surface area contributed by atoms with Crippen LogP contribution in [0, 0.1) is 5.82 Å². The minimum atomic E-state index is -0.801. The fraction of sp³-hybridized carbons (Fsp3) is 0.304. The van der Waals surface area contributed by atoms with Crippen LogP contribution >= 0.6 is 0 Å². The molecule has 1 saturated heterocycles. The summed E-state index contributed by atoms with van der Waals surface area (Å²) < 4.78 is 28.7. The van der Waals surface area contributed by atoms with E-state index < -0.39 is 18.4 Å². The molecule has 0 saturated carbocycles. The van der Waals surface area contributed by atoms with Crippen LogP contribution in [0.1, 0.15) is 29.9 Å². The second-order valence-corrected chi connectivity index (χ2v) is 8.39. The van der Waals surface area contributed by atoms with E-state index in [1.807, 2.05) is 6.07 Å². The number of amides is 1. The fourth-order valence-electron chi connectivity index (χ4n) is 4.44. The summed E-state index contributed by atoms with van der Waals surface area (Å²) in [7, 11) is 0. The maximum Gasteiger partial charge on any atom is 0.257 e. The molecular formula is C23H23F2N7O. The number of halogens is 2. The number of anilines is 2. The van der Waals surface area contributed by atoms with Gasteiger partial charge in [-0.05, 0) is 26.0 Å². The topological polar surface area (TPSA) is 87.5 Å². The van der Waals surface area contributed by atoms with E-state index in [4.69, 9.17) is 0 Å². The Morgan fingerprint density at radius 2 is 1.88 bits per heavy atom. The van der Waals surface area contributed by atoms with Crippen molar-refractivity contribution < 1.29 is 13.6 Å². The van der Waals surface area contributed by atoms with Crippen molar-refractivity contribution in [3.63, 3.8) is 0 Å². The van der Waals surface area contributed by atoms with E-state index in [0.717, 1.165) is 24.8 Å². The number of fused-ring (bicyclic) bond motifs is 2. The van der Waals surface area contributed by atoms with E-state index in [-0.39, 0.29) is 17.0 Å². The van der Waals surface area contributed by atoms with Crippen molar-refractivity contribution in [2.24, 2.45) is 0 Å². The number of piperazine rings is 1. The molecule has 0 radical (unpaired) electrons. The first-order valence-electron chi connectivity index (χ1n) is 10.7. The van der Waals surface area contributed by atoms with Gasteiger partial charge in [-0.25, -0.2) is 13.8 Å². The van der Waals surface area contributed by atoms with Crippen LogP contribution in [0.5, 0.6) is 0 Å². The molecule has 4 heterocycles. The van der Waals surface area contributed by atoms with Gasteiger partial charge in [-0.1, -0.05) is 0 Å². The Morgan fingerprint density at radius 1 is 1.15 bits per heavy atom. The second-order valence-electron chi connectivity index (χ2n) is 8.39. The number of carbonyl (C=O) groups excluding carboxylic acids is 1. The van der Waals surface area contributed by atoms with Crippen LogP contribution in [0.15, 0.2) is 43.0 Å². The molecule has 1 aliphatic heterocycles. The Labute approximate surface area is 188 Å². The average molecular weight is 451 g/mol. The minimum Gasteiger partial charge on any atom is -0.367 e. The lowest BCUT2D eigenvalue weighted by Crippen LogP contribution is -2.54. The lowest BCUT2D eigenvalue weighted by atomic mass is 10.1. The molecule has 0 aliphatic carbocycles. The highest BCUT2D eigenvalue weighted by Crippen LogP contribution is 2.29. The van der Waals surface area contributed by atoms with Crippen LogP contribution in [0.2, 0.25) is 0 Å². The van der Waals surface area contributed by atoms with Crippen molar-refractivity contribution >= 4 is 34.0 Å². The first kappa shape index (κ1) is 21.2. The van der Waals surface area contributed by atoms with Gasteiger partial charge in [0, 0.05) is 56.0 Å².